The summed E-state index contributed by atoms with van der Waals surface area (Å²) in [7, 11) is 0. The molecule has 1 aromatic carbocycles. The van der Waals surface area contributed by atoms with Crippen LogP contribution in [0.1, 0.15) is 5.76 Å². The lowest BCUT2D eigenvalue weighted by atomic mass is 10.2. The number of phenolic OH excluding ortho intramolecular Hbond substituents is 1. The number of hydrogen-bond donors (Lipinski definition) is 1. The molecule has 90 valence electrons. The Hall–Kier alpha value is -2.63. The minimum absolute atomic E-state index is 0.189. The van der Waals surface area contributed by atoms with Gasteiger partial charge in [-0.1, -0.05) is 10.3 Å². The maximum Gasteiger partial charge on any atom is 0.280 e. The molecule has 0 aliphatic carbocycles. The second kappa shape index (κ2) is 3.99. The van der Waals surface area contributed by atoms with Crippen molar-refractivity contribution in [3.8, 4) is 28.7 Å². The Bertz CT molecular complexity index is 670. The minimum atomic E-state index is 0.189. The Labute approximate surface area is 102 Å². The average Bonchev–Trinajstić information content (AvgIpc) is 2.98. The van der Waals surface area contributed by atoms with Crippen molar-refractivity contribution in [2.75, 3.05) is 0 Å². The molecular weight excluding hydrogens is 234 g/mol. The summed E-state index contributed by atoms with van der Waals surface area (Å²) in [4.78, 5) is 4.21. The van der Waals surface area contributed by atoms with Crippen LogP contribution < -0.4 is 0 Å². The zero-order chi connectivity index (χ0) is 12.5. The van der Waals surface area contributed by atoms with Crippen LogP contribution in [0.5, 0.6) is 5.75 Å². The number of aromatic hydroxyl groups is 1. The third-order valence-corrected chi connectivity index (χ3v) is 2.40. The Morgan fingerprint density at radius 2 is 1.83 bits per heavy atom. The lowest BCUT2D eigenvalue weighted by Gasteiger charge is -1.93. The fourth-order valence-corrected chi connectivity index (χ4v) is 1.52. The van der Waals surface area contributed by atoms with Crippen LogP contribution in [0, 0.1) is 6.92 Å². The number of nitrogens with zero attached hydrogens (tertiary/aromatic N) is 3. The molecule has 2 aromatic heterocycles. The molecule has 0 fully saturated rings. The predicted octanol–water partition coefficient (Wildman–Crippen LogP) is 2.41. The second-order valence-electron chi connectivity index (χ2n) is 3.79. The van der Waals surface area contributed by atoms with Crippen molar-refractivity contribution in [1.29, 1.82) is 0 Å². The van der Waals surface area contributed by atoms with Gasteiger partial charge in [0.25, 0.3) is 5.89 Å². The van der Waals surface area contributed by atoms with Gasteiger partial charge in [-0.25, -0.2) is 0 Å². The summed E-state index contributed by atoms with van der Waals surface area (Å²) in [5.74, 6) is 1.60. The van der Waals surface area contributed by atoms with Crippen LogP contribution in [0.4, 0.5) is 0 Å². The first-order chi connectivity index (χ1) is 8.72. The zero-order valence-electron chi connectivity index (χ0n) is 9.49. The molecule has 0 saturated heterocycles. The Morgan fingerprint density at radius 3 is 2.50 bits per heavy atom. The van der Waals surface area contributed by atoms with E-state index in [1.807, 2.05) is 0 Å². The highest BCUT2D eigenvalue weighted by molar-refractivity contribution is 5.58. The average molecular weight is 243 g/mol. The Balaban J connectivity index is 1.96. The first kappa shape index (κ1) is 10.5. The third kappa shape index (κ3) is 1.84. The number of hydrogen-bond acceptors (Lipinski definition) is 6. The number of aromatic nitrogens is 3. The van der Waals surface area contributed by atoms with E-state index in [0.29, 0.717) is 23.2 Å². The lowest BCUT2D eigenvalue weighted by molar-refractivity contribution is 0.390. The quantitative estimate of drug-likeness (QED) is 0.743. The molecule has 0 spiro atoms. The first-order valence-electron chi connectivity index (χ1n) is 5.29. The molecule has 3 aromatic rings. The van der Waals surface area contributed by atoms with Crippen molar-refractivity contribution in [2.45, 2.75) is 6.92 Å². The van der Waals surface area contributed by atoms with Crippen LogP contribution in [0.25, 0.3) is 23.0 Å². The molecule has 6 heteroatoms. The van der Waals surface area contributed by atoms with Crippen LogP contribution in [0.3, 0.4) is 0 Å². The Kier molecular flexibility index (Phi) is 2.33. The standard InChI is InChI=1S/C12H9N3O3/c1-7-6-10(14-17-7)12-13-11(15-18-12)8-2-4-9(16)5-3-8/h2-6,16H,1H3. The van der Waals surface area contributed by atoms with Crippen molar-refractivity contribution in [2.24, 2.45) is 0 Å². The summed E-state index contributed by atoms with van der Waals surface area (Å²) >= 11 is 0. The van der Waals surface area contributed by atoms with Crippen LogP contribution in [0.15, 0.2) is 39.4 Å². The van der Waals surface area contributed by atoms with E-state index < -0.39 is 0 Å². The molecule has 1 N–H and O–H groups in total. The fraction of sp³-hybridized carbons (Fsp3) is 0.0833. The van der Waals surface area contributed by atoms with E-state index >= 15 is 0 Å². The predicted molar refractivity (Wildman–Crippen MR) is 61.6 cm³/mol. The van der Waals surface area contributed by atoms with Crippen molar-refractivity contribution in [3.05, 3.63) is 36.1 Å². The van der Waals surface area contributed by atoms with Crippen molar-refractivity contribution < 1.29 is 14.2 Å². The maximum atomic E-state index is 9.20. The van der Waals surface area contributed by atoms with Gasteiger partial charge in [0.15, 0.2) is 5.69 Å². The van der Waals surface area contributed by atoms with E-state index in [-0.39, 0.29) is 5.75 Å². The molecule has 0 aliphatic rings. The molecule has 0 unspecified atom stereocenters. The SMILES string of the molecule is Cc1cc(-c2nc(-c3ccc(O)cc3)no2)no1. The normalized spacial score (nSPS) is 10.7. The second-order valence-corrected chi connectivity index (χ2v) is 3.79. The topological polar surface area (TPSA) is 85.2 Å². The minimum Gasteiger partial charge on any atom is -0.508 e. The summed E-state index contributed by atoms with van der Waals surface area (Å²) in [5, 5.41) is 16.9. The summed E-state index contributed by atoms with van der Waals surface area (Å²) in [6.07, 6.45) is 0. The van der Waals surface area contributed by atoms with Crippen molar-refractivity contribution in [3.63, 3.8) is 0 Å². The van der Waals surface area contributed by atoms with Gasteiger partial charge in [0, 0.05) is 11.6 Å². The third-order valence-electron chi connectivity index (χ3n) is 2.40. The molecule has 0 amide bonds. The van der Waals surface area contributed by atoms with E-state index in [1.165, 1.54) is 0 Å². The van der Waals surface area contributed by atoms with E-state index in [9.17, 15) is 5.11 Å². The van der Waals surface area contributed by atoms with Gasteiger partial charge in [0.05, 0.1) is 0 Å². The van der Waals surface area contributed by atoms with Crippen molar-refractivity contribution in [1.82, 2.24) is 15.3 Å². The maximum absolute atomic E-state index is 9.20. The van der Waals surface area contributed by atoms with Gasteiger partial charge in [-0.3, -0.25) is 0 Å². The molecule has 0 saturated carbocycles. The largest absolute Gasteiger partial charge is 0.508 e. The first-order valence-corrected chi connectivity index (χ1v) is 5.29. The van der Waals surface area contributed by atoms with Crippen molar-refractivity contribution >= 4 is 0 Å². The molecule has 3 rings (SSSR count). The van der Waals surface area contributed by atoms with Crippen LogP contribution >= 0.6 is 0 Å². The summed E-state index contributed by atoms with van der Waals surface area (Å²) in [6, 6.07) is 8.25. The van der Waals surface area contributed by atoms with E-state index in [1.54, 1.807) is 37.3 Å². The summed E-state index contributed by atoms with van der Waals surface area (Å²) in [5.41, 5.74) is 1.26. The van der Waals surface area contributed by atoms with Gasteiger partial charge in [-0.2, -0.15) is 4.98 Å². The van der Waals surface area contributed by atoms with Gasteiger partial charge < -0.3 is 14.2 Å². The van der Waals surface area contributed by atoms with Gasteiger partial charge in [0.2, 0.25) is 5.82 Å². The Morgan fingerprint density at radius 1 is 1.06 bits per heavy atom. The van der Waals surface area contributed by atoms with Gasteiger partial charge in [-0.15, -0.1) is 0 Å². The van der Waals surface area contributed by atoms with E-state index in [2.05, 4.69) is 15.3 Å². The summed E-state index contributed by atoms with van der Waals surface area (Å²) < 4.78 is 10.0. The number of benzene rings is 1. The van der Waals surface area contributed by atoms with Gasteiger partial charge >= 0.3 is 0 Å². The molecule has 0 atom stereocenters. The zero-order valence-corrected chi connectivity index (χ0v) is 9.49. The van der Waals surface area contributed by atoms with E-state index in [0.717, 1.165) is 5.56 Å². The molecule has 18 heavy (non-hydrogen) atoms. The monoisotopic (exact) mass is 243 g/mol. The summed E-state index contributed by atoms with van der Waals surface area (Å²) in [6.45, 7) is 1.79. The number of rotatable bonds is 2. The molecular formula is C12H9N3O3. The molecule has 2 heterocycles. The fourth-order valence-electron chi connectivity index (χ4n) is 1.52. The van der Waals surface area contributed by atoms with Crippen LogP contribution in [0.2, 0.25) is 0 Å². The molecule has 0 aliphatic heterocycles. The highest BCUT2D eigenvalue weighted by Gasteiger charge is 2.13. The van der Waals surface area contributed by atoms with E-state index in [4.69, 9.17) is 9.05 Å². The number of aryl methyl sites for hydroxylation is 1. The highest BCUT2D eigenvalue weighted by atomic mass is 16.5. The lowest BCUT2D eigenvalue weighted by Crippen LogP contribution is -1.80. The van der Waals surface area contributed by atoms with Gasteiger partial charge in [0.1, 0.15) is 11.5 Å². The molecule has 0 radical (unpaired) electrons. The van der Waals surface area contributed by atoms with Crippen LogP contribution in [-0.4, -0.2) is 20.4 Å². The van der Waals surface area contributed by atoms with Gasteiger partial charge in [-0.05, 0) is 31.2 Å². The number of phenols is 1. The highest BCUT2D eigenvalue weighted by Crippen LogP contribution is 2.23. The molecule has 0 bridgehead atoms. The van der Waals surface area contributed by atoms with Crippen LogP contribution in [-0.2, 0) is 0 Å². The molecule has 6 nitrogen and oxygen atoms in total. The smallest absolute Gasteiger partial charge is 0.280 e.